The molecule has 2 atom stereocenters. The molecule has 1 aromatic rings. The summed E-state index contributed by atoms with van der Waals surface area (Å²) in [6.45, 7) is 5.17. The van der Waals surface area contributed by atoms with Gasteiger partial charge in [0.15, 0.2) is 0 Å². The first-order valence-corrected chi connectivity index (χ1v) is 8.76. The Morgan fingerprint density at radius 1 is 1.33 bits per heavy atom. The van der Waals surface area contributed by atoms with Crippen LogP contribution in [0.3, 0.4) is 0 Å². The van der Waals surface area contributed by atoms with Crippen molar-refractivity contribution in [2.24, 2.45) is 0 Å². The summed E-state index contributed by atoms with van der Waals surface area (Å²) in [5, 5.41) is 9.03. The summed E-state index contributed by atoms with van der Waals surface area (Å²) in [6.07, 6.45) is -0.881. The molecule has 0 unspecified atom stereocenters. The van der Waals surface area contributed by atoms with Crippen LogP contribution in [0.2, 0.25) is 0 Å². The molecule has 1 heterocycles. The first-order valence-electron chi connectivity index (χ1n) is 7.72. The Labute approximate surface area is 144 Å². The third-order valence-corrected chi connectivity index (χ3v) is 5.36. The van der Waals surface area contributed by atoms with Crippen molar-refractivity contribution in [3.05, 3.63) is 35.4 Å². The van der Waals surface area contributed by atoms with Crippen LogP contribution < -0.4 is 0 Å². The summed E-state index contributed by atoms with van der Waals surface area (Å²) in [7, 11) is 0. The van der Waals surface area contributed by atoms with Crippen LogP contribution in [0.4, 0.5) is 13.6 Å². The van der Waals surface area contributed by atoms with Gasteiger partial charge in [-0.25, -0.2) is 13.6 Å². The van der Waals surface area contributed by atoms with E-state index >= 15 is 0 Å². The van der Waals surface area contributed by atoms with Gasteiger partial charge < -0.3 is 5.11 Å². The molecule has 0 saturated carbocycles. The summed E-state index contributed by atoms with van der Waals surface area (Å²) in [6, 6.07) is 2.41. The molecule has 1 amide bonds. The molecule has 0 aromatic heterocycles. The van der Waals surface area contributed by atoms with E-state index in [1.807, 2.05) is 0 Å². The fourth-order valence-corrected chi connectivity index (χ4v) is 4.44. The molecule has 2 rings (SSSR count). The quantitative estimate of drug-likeness (QED) is 0.860. The van der Waals surface area contributed by atoms with Gasteiger partial charge in [0.25, 0.3) is 0 Å². The van der Waals surface area contributed by atoms with Gasteiger partial charge in [0.2, 0.25) is 0 Å². The van der Waals surface area contributed by atoms with E-state index in [0.717, 1.165) is 18.2 Å². The highest BCUT2D eigenvalue weighted by atomic mass is 32.2. The Hall–Kier alpha value is -1.63. The molecular weight excluding hydrogens is 336 g/mol. The number of hydrogen-bond donors (Lipinski definition) is 1. The van der Waals surface area contributed by atoms with Crippen LogP contribution in [0.25, 0.3) is 0 Å². The molecule has 1 saturated heterocycles. The standard InChI is InChI=1S/C17H21F2NO3S/c1-17(2,3)20(16(22)23)14-9-11(21)6-7-24-15(14)12-8-10(18)4-5-13(12)19/h4-5,8,14-15H,6-7,9H2,1-3H3,(H,22,23)/t14-,15+/m0/s1. The van der Waals surface area contributed by atoms with Crippen molar-refractivity contribution in [2.75, 3.05) is 5.75 Å². The van der Waals surface area contributed by atoms with E-state index in [9.17, 15) is 23.5 Å². The molecule has 7 heteroatoms. The second kappa shape index (κ2) is 7.09. The molecule has 0 aliphatic carbocycles. The number of rotatable bonds is 2. The predicted octanol–water partition coefficient (Wildman–Crippen LogP) is 4.25. The van der Waals surface area contributed by atoms with Crippen molar-refractivity contribution in [3.8, 4) is 0 Å². The number of halogens is 2. The first kappa shape index (κ1) is 18.7. The monoisotopic (exact) mass is 357 g/mol. The maximum absolute atomic E-state index is 14.3. The van der Waals surface area contributed by atoms with E-state index in [1.165, 1.54) is 16.7 Å². The molecule has 132 valence electrons. The highest BCUT2D eigenvalue weighted by Gasteiger charge is 2.41. The molecule has 1 aliphatic heterocycles. The predicted molar refractivity (Wildman–Crippen MR) is 89.2 cm³/mol. The van der Waals surface area contributed by atoms with Gasteiger partial charge >= 0.3 is 6.09 Å². The average molecular weight is 357 g/mol. The van der Waals surface area contributed by atoms with Gasteiger partial charge in [0, 0.05) is 29.7 Å². The number of amides is 1. The fraction of sp³-hybridized carbons (Fsp3) is 0.529. The van der Waals surface area contributed by atoms with Gasteiger partial charge in [-0.2, -0.15) is 11.8 Å². The van der Waals surface area contributed by atoms with Crippen LogP contribution in [0, 0.1) is 11.6 Å². The maximum atomic E-state index is 14.3. The topological polar surface area (TPSA) is 57.6 Å². The van der Waals surface area contributed by atoms with Gasteiger partial charge in [-0.3, -0.25) is 9.69 Å². The van der Waals surface area contributed by atoms with Crippen LogP contribution in [0.1, 0.15) is 44.4 Å². The summed E-state index contributed by atoms with van der Waals surface area (Å²) < 4.78 is 27.9. The normalized spacial score (nSPS) is 22.1. The molecule has 1 aliphatic rings. The lowest BCUT2D eigenvalue weighted by atomic mass is 9.94. The van der Waals surface area contributed by atoms with Crippen molar-refractivity contribution in [3.63, 3.8) is 0 Å². The third kappa shape index (κ3) is 4.06. The molecule has 0 spiro atoms. The lowest BCUT2D eigenvalue weighted by molar-refractivity contribution is -0.119. The average Bonchev–Trinajstić information content (AvgIpc) is 2.61. The Balaban J connectivity index is 2.54. The molecule has 0 radical (unpaired) electrons. The van der Waals surface area contributed by atoms with Crippen LogP contribution in [0.15, 0.2) is 18.2 Å². The molecular formula is C17H21F2NO3S. The summed E-state index contributed by atoms with van der Waals surface area (Å²) in [5.74, 6) is -0.790. The van der Waals surface area contributed by atoms with Crippen LogP contribution in [-0.4, -0.2) is 39.2 Å². The largest absolute Gasteiger partial charge is 0.465 e. The number of carbonyl (C=O) groups is 2. The van der Waals surface area contributed by atoms with E-state index in [-0.39, 0.29) is 17.8 Å². The smallest absolute Gasteiger partial charge is 0.408 e. The van der Waals surface area contributed by atoms with Gasteiger partial charge in [-0.05, 0) is 39.0 Å². The van der Waals surface area contributed by atoms with E-state index in [2.05, 4.69) is 0 Å². The molecule has 1 N–H and O–H groups in total. The summed E-state index contributed by atoms with van der Waals surface area (Å²) in [4.78, 5) is 25.1. The third-order valence-electron chi connectivity index (χ3n) is 3.99. The van der Waals surface area contributed by atoms with Crippen LogP contribution in [-0.2, 0) is 4.79 Å². The molecule has 4 nitrogen and oxygen atoms in total. The van der Waals surface area contributed by atoms with Gasteiger partial charge in [-0.15, -0.1) is 0 Å². The number of carbonyl (C=O) groups excluding carboxylic acids is 1. The number of Topliss-reactive ketones (excluding diaryl/α,β-unsaturated/α-hetero) is 1. The number of nitrogens with zero attached hydrogens (tertiary/aromatic N) is 1. The molecule has 1 fully saturated rings. The van der Waals surface area contributed by atoms with E-state index < -0.39 is 34.6 Å². The fourth-order valence-electron chi connectivity index (χ4n) is 3.04. The van der Waals surface area contributed by atoms with Crippen LogP contribution >= 0.6 is 11.8 Å². The highest BCUT2D eigenvalue weighted by Crippen LogP contribution is 2.42. The number of benzene rings is 1. The minimum Gasteiger partial charge on any atom is -0.465 e. The minimum atomic E-state index is -1.18. The Bertz CT molecular complexity index is 645. The lowest BCUT2D eigenvalue weighted by Crippen LogP contribution is -2.53. The Morgan fingerprint density at radius 2 is 2.00 bits per heavy atom. The Kier molecular flexibility index (Phi) is 5.52. The van der Waals surface area contributed by atoms with Crippen molar-refractivity contribution in [2.45, 2.75) is 50.4 Å². The van der Waals surface area contributed by atoms with Crippen molar-refractivity contribution in [1.29, 1.82) is 0 Å². The Morgan fingerprint density at radius 3 is 2.58 bits per heavy atom. The lowest BCUT2D eigenvalue weighted by Gasteiger charge is -2.42. The molecule has 0 bridgehead atoms. The van der Waals surface area contributed by atoms with Gasteiger partial charge in [-0.1, -0.05) is 0 Å². The SMILES string of the molecule is CC(C)(C)N(C(=O)O)[C@H]1CC(=O)CCS[C@@H]1c1cc(F)ccc1F. The van der Waals surface area contributed by atoms with E-state index in [0.29, 0.717) is 12.2 Å². The zero-order valence-electron chi connectivity index (χ0n) is 13.9. The minimum absolute atomic E-state index is 0.00279. The van der Waals surface area contributed by atoms with Gasteiger partial charge in [0.1, 0.15) is 17.4 Å². The first-order chi connectivity index (χ1) is 11.1. The summed E-state index contributed by atoms with van der Waals surface area (Å²) >= 11 is 1.30. The number of ketones is 1. The number of thioether (sulfide) groups is 1. The molecule has 1 aromatic carbocycles. The second-order valence-corrected chi connectivity index (χ2v) is 8.09. The second-order valence-electron chi connectivity index (χ2n) is 6.84. The highest BCUT2D eigenvalue weighted by molar-refractivity contribution is 7.99. The summed E-state index contributed by atoms with van der Waals surface area (Å²) in [5.41, 5.74) is -0.667. The zero-order chi connectivity index (χ0) is 18.1. The number of carboxylic acid groups (broad SMARTS) is 1. The van der Waals surface area contributed by atoms with E-state index in [1.54, 1.807) is 20.8 Å². The van der Waals surface area contributed by atoms with Gasteiger partial charge in [0.05, 0.1) is 11.3 Å². The van der Waals surface area contributed by atoms with Crippen molar-refractivity contribution in [1.82, 2.24) is 4.90 Å². The van der Waals surface area contributed by atoms with Crippen molar-refractivity contribution < 1.29 is 23.5 Å². The van der Waals surface area contributed by atoms with Crippen LogP contribution in [0.5, 0.6) is 0 Å². The molecule has 24 heavy (non-hydrogen) atoms. The maximum Gasteiger partial charge on any atom is 0.408 e. The van der Waals surface area contributed by atoms with E-state index in [4.69, 9.17) is 0 Å². The number of hydrogen-bond acceptors (Lipinski definition) is 3. The zero-order valence-corrected chi connectivity index (χ0v) is 14.7. The van der Waals surface area contributed by atoms with Crippen molar-refractivity contribution >= 4 is 23.6 Å².